The van der Waals surface area contributed by atoms with Crippen molar-refractivity contribution in [1.29, 1.82) is 0 Å². The van der Waals surface area contributed by atoms with Crippen molar-refractivity contribution in [3.63, 3.8) is 0 Å². The molecule has 1 aromatic heterocycles. The fourth-order valence-corrected chi connectivity index (χ4v) is 2.92. The molecule has 0 atom stereocenters. The van der Waals surface area contributed by atoms with Crippen molar-refractivity contribution in [2.75, 3.05) is 11.6 Å². The van der Waals surface area contributed by atoms with Crippen LogP contribution < -0.4 is 5.32 Å². The predicted octanol–water partition coefficient (Wildman–Crippen LogP) is 0.880. The van der Waals surface area contributed by atoms with Crippen LogP contribution in [0.4, 0.5) is 5.69 Å². The van der Waals surface area contributed by atoms with Gasteiger partial charge in [0.25, 0.3) is 5.91 Å². The van der Waals surface area contributed by atoms with E-state index in [1.54, 1.807) is 16.7 Å². The van der Waals surface area contributed by atoms with Crippen LogP contribution in [0.5, 0.6) is 0 Å². The van der Waals surface area contributed by atoms with E-state index in [0.29, 0.717) is 5.69 Å². The number of aryl methyl sites for hydroxylation is 1. The molecule has 0 fully saturated rings. The Bertz CT molecular complexity index is 793. The largest absolute Gasteiger partial charge is 0.319 e. The van der Waals surface area contributed by atoms with E-state index in [2.05, 4.69) is 15.5 Å². The molecule has 2 heterocycles. The van der Waals surface area contributed by atoms with Gasteiger partial charge in [-0.2, -0.15) is 0 Å². The first kappa shape index (κ1) is 13.7. The Morgan fingerprint density at radius 2 is 1.95 bits per heavy atom. The molecule has 1 amide bonds. The van der Waals surface area contributed by atoms with Crippen LogP contribution >= 0.6 is 0 Å². The molecule has 0 bridgehead atoms. The maximum absolute atomic E-state index is 12.2. The summed E-state index contributed by atoms with van der Waals surface area (Å²) in [7, 11) is -3.24. The minimum absolute atomic E-state index is 0.212. The van der Waals surface area contributed by atoms with Crippen molar-refractivity contribution in [2.24, 2.45) is 0 Å². The van der Waals surface area contributed by atoms with Crippen LogP contribution in [0.2, 0.25) is 0 Å². The highest BCUT2D eigenvalue weighted by Crippen LogP contribution is 2.17. The molecule has 7 nitrogen and oxygen atoms in total. The van der Waals surface area contributed by atoms with Crippen LogP contribution in [-0.4, -0.2) is 35.3 Å². The molecular weight excluding hydrogens is 292 g/mol. The first-order chi connectivity index (χ1) is 9.95. The lowest BCUT2D eigenvalue weighted by molar-refractivity contribution is 0.101. The topological polar surface area (TPSA) is 93.9 Å². The normalized spacial score (nSPS) is 14.0. The molecule has 0 radical (unpaired) electrons. The van der Waals surface area contributed by atoms with Gasteiger partial charge in [0.05, 0.1) is 4.90 Å². The summed E-state index contributed by atoms with van der Waals surface area (Å²) in [5.74, 6) is 0.769. The highest BCUT2D eigenvalue weighted by atomic mass is 32.2. The number of benzene rings is 1. The molecule has 3 rings (SSSR count). The number of aromatic nitrogens is 3. The van der Waals surface area contributed by atoms with Crippen LogP contribution in [0.3, 0.4) is 0 Å². The summed E-state index contributed by atoms with van der Waals surface area (Å²) >= 11 is 0. The predicted molar refractivity (Wildman–Crippen MR) is 75.8 cm³/mol. The molecule has 0 aliphatic carbocycles. The summed E-state index contributed by atoms with van der Waals surface area (Å²) in [6.45, 7) is 0.748. The smallest absolute Gasteiger partial charge is 0.293 e. The number of carbonyl (C=O) groups is 1. The van der Waals surface area contributed by atoms with Crippen molar-refractivity contribution in [1.82, 2.24) is 14.8 Å². The SMILES string of the molecule is CS(=O)(=O)c1ccc(NC(=O)c2nnc3n2CCC3)cc1. The van der Waals surface area contributed by atoms with Gasteiger partial charge in [-0.05, 0) is 30.7 Å². The molecule has 0 spiro atoms. The average Bonchev–Trinajstić information content (AvgIpc) is 3.00. The molecule has 2 aromatic rings. The number of fused-ring (bicyclic) bond motifs is 1. The number of anilines is 1. The van der Waals surface area contributed by atoms with Gasteiger partial charge in [-0.15, -0.1) is 10.2 Å². The molecule has 1 N–H and O–H groups in total. The van der Waals surface area contributed by atoms with Gasteiger partial charge in [0.2, 0.25) is 5.82 Å². The summed E-state index contributed by atoms with van der Waals surface area (Å²) in [6, 6.07) is 6.02. The maximum Gasteiger partial charge on any atom is 0.293 e. The Morgan fingerprint density at radius 1 is 1.24 bits per heavy atom. The molecule has 8 heteroatoms. The molecule has 1 aromatic carbocycles. The summed E-state index contributed by atoms with van der Waals surface area (Å²) in [5.41, 5.74) is 0.516. The quantitative estimate of drug-likeness (QED) is 0.908. The Hall–Kier alpha value is -2.22. The summed E-state index contributed by atoms with van der Waals surface area (Å²) in [4.78, 5) is 12.4. The van der Waals surface area contributed by atoms with Crippen molar-refractivity contribution in [3.8, 4) is 0 Å². The standard InChI is InChI=1S/C13H14N4O3S/c1-21(19,20)10-6-4-9(5-7-10)14-13(18)12-16-15-11-3-2-8-17(11)12/h4-7H,2-3,8H2,1H3,(H,14,18). The second kappa shape index (κ2) is 4.96. The number of rotatable bonds is 3. The zero-order valence-corrected chi connectivity index (χ0v) is 12.2. The van der Waals surface area contributed by atoms with Gasteiger partial charge in [0.1, 0.15) is 5.82 Å². The van der Waals surface area contributed by atoms with Gasteiger partial charge in [0.15, 0.2) is 9.84 Å². The Balaban J connectivity index is 1.79. The Labute approximate surface area is 121 Å². The van der Waals surface area contributed by atoms with Gasteiger partial charge in [-0.1, -0.05) is 0 Å². The number of carbonyl (C=O) groups excluding carboxylic acids is 1. The van der Waals surface area contributed by atoms with Crippen LogP contribution in [0, 0.1) is 0 Å². The van der Waals surface area contributed by atoms with Gasteiger partial charge >= 0.3 is 0 Å². The Morgan fingerprint density at radius 3 is 2.62 bits per heavy atom. The lowest BCUT2D eigenvalue weighted by atomic mass is 10.3. The van der Waals surface area contributed by atoms with Crippen molar-refractivity contribution >= 4 is 21.4 Å². The van der Waals surface area contributed by atoms with Crippen LogP contribution in [0.25, 0.3) is 0 Å². The summed E-state index contributed by atoms with van der Waals surface area (Å²) in [5, 5.41) is 10.6. The zero-order valence-electron chi connectivity index (χ0n) is 11.4. The van der Waals surface area contributed by atoms with Crippen LogP contribution in [0.15, 0.2) is 29.2 Å². The van der Waals surface area contributed by atoms with Crippen LogP contribution in [0.1, 0.15) is 22.9 Å². The summed E-state index contributed by atoms with van der Waals surface area (Å²) in [6.07, 6.45) is 2.94. The number of hydrogen-bond acceptors (Lipinski definition) is 5. The first-order valence-electron chi connectivity index (χ1n) is 6.49. The number of nitrogens with zero attached hydrogens (tertiary/aromatic N) is 3. The third-order valence-electron chi connectivity index (χ3n) is 3.35. The molecule has 1 aliphatic heterocycles. The Kier molecular flexibility index (Phi) is 3.25. The lowest BCUT2D eigenvalue weighted by Crippen LogP contribution is -2.17. The number of hydrogen-bond donors (Lipinski definition) is 1. The average molecular weight is 306 g/mol. The fourth-order valence-electron chi connectivity index (χ4n) is 2.29. The van der Waals surface area contributed by atoms with Crippen LogP contribution in [-0.2, 0) is 22.8 Å². The van der Waals surface area contributed by atoms with E-state index in [1.807, 2.05) is 0 Å². The molecule has 110 valence electrons. The minimum atomic E-state index is -3.24. The maximum atomic E-state index is 12.2. The van der Waals surface area contributed by atoms with Gasteiger partial charge in [0, 0.05) is 24.9 Å². The van der Waals surface area contributed by atoms with Gasteiger partial charge in [-0.25, -0.2) is 8.42 Å². The van der Waals surface area contributed by atoms with Crippen molar-refractivity contribution in [3.05, 3.63) is 35.9 Å². The number of nitrogens with one attached hydrogen (secondary N) is 1. The second-order valence-corrected chi connectivity index (χ2v) is 6.96. The van der Waals surface area contributed by atoms with E-state index in [1.165, 1.54) is 12.1 Å². The fraction of sp³-hybridized carbons (Fsp3) is 0.308. The molecule has 0 saturated carbocycles. The van der Waals surface area contributed by atoms with E-state index in [-0.39, 0.29) is 16.6 Å². The highest BCUT2D eigenvalue weighted by molar-refractivity contribution is 7.90. The minimum Gasteiger partial charge on any atom is -0.319 e. The summed E-state index contributed by atoms with van der Waals surface area (Å²) < 4.78 is 24.6. The van der Waals surface area contributed by atoms with E-state index in [9.17, 15) is 13.2 Å². The molecule has 1 aliphatic rings. The molecule has 21 heavy (non-hydrogen) atoms. The van der Waals surface area contributed by atoms with E-state index < -0.39 is 9.84 Å². The first-order valence-corrected chi connectivity index (χ1v) is 8.38. The van der Waals surface area contributed by atoms with E-state index in [4.69, 9.17) is 0 Å². The zero-order chi connectivity index (χ0) is 15.0. The van der Waals surface area contributed by atoms with Gasteiger partial charge < -0.3 is 9.88 Å². The molecule has 0 unspecified atom stereocenters. The van der Waals surface area contributed by atoms with Crippen molar-refractivity contribution < 1.29 is 13.2 Å². The van der Waals surface area contributed by atoms with Gasteiger partial charge in [-0.3, -0.25) is 4.79 Å². The number of amides is 1. The van der Waals surface area contributed by atoms with E-state index >= 15 is 0 Å². The third-order valence-corrected chi connectivity index (χ3v) is 4.48. The van der Waals surface area contributed by atoms with Crippen molar-refractivity contribution in [2.45, 2.75) is 24.3 Å². The molecular formula is C13H14N4O3S. The highest BCUT2D eigenvalue weighted by Gasteiger charge is 2.22. The molecule has 0 saturated heterocycles. The second-order valence-electron chi connectivity index (χ2n) is 4.95. The lowest BCUT2D eigenvalue weighted by Gasteiger charge is -2.06. The van der Waals surface area contributed by atoms with E-state index in [0.717, 1.165) is 31.5 Å². The third kappa shape index (κ3) is 2.66. The monoisotopic (exact) mass is 306 g/mol. The number of sulfone groups is 1.